The molecule has 0 spiro atoms. The summed E-state index contributed by atoms with van der Waals surface area (Å²) in [6.45, 7) is 1.91. The molecule has 0 heterocycles. The van der Waals surface area contributed by atoms with E-state index in [4.69, 9.17) is 39.9 Å². The summed E-state index contributed by atoms with van der Waals surface area (Å²) in [5, 5.41) is 9.89. The summed E-state index contributed by atoms with van der Waals surface area (Å²) in [7, 11) is 0. The van der Waals surface area contributed by atoms with Gasteiger partial charge in [0, 0.05) is 16.0 Å². The van der Waals surface area contributed by atoms with E-state index in [9.17, 15) is 4.79 Å². The van der Waals surface area contributed by atoms with Crippen LogP contribution >= 0.6 is 34.8 Å². The van der Waals surface area contributed by atoms with Gasteiger partial charge in [-0.25, -0.2) is 0 Å². The minimum absolute atomic E-state index is 0.183. The highest BCUT2D eigenvalue weighted by Gasteiger charge is 2.46. The number of hydrogen-bond donors (Lipinski definition) is 1. The third kappa shape index (κ3) is 2.60. The zero-order valence-electron chi connectivity index (χ0n) is 10.7. The van der Waals surface area contributed by atoms with E-state index < -0.39 is 16.8 Å². The van der Waals surface area contributed by atoms with Crippen molar-refractivity contribution in [1.82, 2.24) is 0 Å². The Kier molecular flexibility index (Phi) is 4.48. The van der Waals surface area contributed by atoms with Crippen molar-refractivity contribution in [3.8, 4) is 0 Å². The summed E-state index contributed by atoms with van der Waals surface area (Å²) in [6.07, 6.45) is 3.05. The Hall–Kier alpha value is -0.960. The molecule has 0 radical (unpaired) electrons. The molecule has 1 N–H and O–H groups in total. The molecule has 1 aromatic carbocycles. The topological polar surface area (TPSA) is 37.3 Å². The summed E-state index contributed by atoms with van der Waals surface area (Å²) in [6, 6.07) is 7.50. The van der Waals surface area contributed by atoms with Crippen LogP contribution in [-0.4, -0.2) is 11.1 Å². The number of carboxylic acids is 1. The highest BCUT2D eigenvalue weighted by molar-refractivity contribution is 6.41. The lowest BCUT2D eigenvalue weighted by atomic mass is 9.78. The van der Waals surface area contributed by atoms with Gasteiger partial charge in [-0.05, 0) is 30.2 Å². The van der Waals surface area contributed by atoms with E-state index in [1.165, 1.54) is 0 Å². The Morgan fingerprint density at radius 1 is 1.30 bits per heavy atom. The lowest BCUT2D eigenvalue weighted by molar-refractivity contribution is -0.138. The number of allylic oxidation sites excluding steroid dienone is 4. The van der Waals surface area contributed by atoms with Gasteiger partial charge in [-0.1, -0.05) is 47.5 Å². The second-order valence-electron chi connectivity index (χ2n) is 4.74. The van der Waals surface area contributed by atoms with Crippen LogP contribution in [0.4, 0.5) is 0 Å². The van der Waals surface area contributed by atoms with Crippen LogP contribution in [0.5, 0.6) is 0 Å². The standard InChI is InChI=1S/C15H13Cl3O2/c1-9-4-2-3-5-10(9)15(18)11(8-14(19)20)12(16)6-7-13(15)17/h2-7,11H,8H2,1H3,(H,19,20). The van der Waals surface area contributed by atoms with E-state index in [1.807, 2.05) is 31.2 Å². The first-order valence-corrected chi connectivity index (χ1v) is 7.21. The van der Waals surface area contributed by atoms with Gasteiger partial charge in [0.05, 0.1) is 6.42 Å². The number of alkyl halides is 1. The van der Waals surface area contributed by atoms with Crippen molar-refractivity contribution in [2.75, 3.05) is 0 Å². The van der Waals surface area contributed by atoms with Gasteiger partial charge >= 0.3 is 5.97 Å². The Morgan fingerprint density at radius 3 is 2.55 bits per heavy atom. The summed E-state index contributed by atoms with van der Waals surface area (Å²) < 4.78 is 0. The molecule has 0 aromatic heterocycles. The van der Waals surface area contributed by atoms with Crippen LogP contribution in [0, 0.1) is 12.8 Å². The van der Waals surface area contributed by atoms with Crippen LogP contribution in [0.15, 0.2) is 46.5 Å². The third-order valence-electron chi connectivity index (χ3n) is 3.47. The first-order chi connectivity index (χ1) is 9.37. The van der Waals surface area contributed by atoms with E-state index in [1.54, 1.807) is 12.2 Å². The van der Waals surface area contributed by atoms with Crippen molar-refractivity contribution in [2.45, 2.75) is 18.2 Å². The minimum Gasteiger partial charge on any atom is -0.481 e. The Balaban J connectivity index is 2.60. The van der Waals surface area contributed by atoms with E-state index in [-0.39, 0.29) is 6.42 Å². The number of benzene rings is 1. The summed E-state index contributed by atoms with van der Waals surface area (Å²) in [5.74, 6) is -1.56. The largest absolute Gasteiger partial charge is 0.481 e. The number of aryl methyl sites for hydroxylation is 1. The van der Waals surface area contributed by atoms with Gasteiger partial charge in [0.2, 0.25) is 0 Å². The quantitative estimate of drug-likeness (QED) is 0.809. The van der Waals surface area contributed by atoms with Crippen molar-refractivity contribution >= 4 is 40.8 Å². The maximum absolute atomic E-state index is 11.1. The van der Waals surface area contributed by atoms with Crippen LogP contribution in [0.25, 0.3) is 0 Å². The van der Waals surface area contributed by atoms with Gasteiger partial charge in [-0.3, -0.25) is 4.79 Å². The Labute approximate surface area is 132 Å². The molecule has 2 atom stereocenters. The normalized spacial score (nSPS) is 25.9. The van der Waals surface area contributed by atoms with Gasteiger partial charge in [-0.15, -0.1) is 11.6 Å². The Morgan fingerprint density at radius 2 is 1.95 bits per heavy atom. The highest BCUT2D eigenvalue weighted by Crippen LogP contribution is 2.53. The first kappa shape index (κ1) is 15.4. The molecule has 2 nitrogen and oxygen atoms in total. The molecule has 0 bridgehead atoms. The molecular weight excluding hydrogens is 319 g/mol. The van der Waals surface area contributed by atoms with Gasteiger partial charge < -0.3 is 5.11 Å². The van der Waals surface area contributed by atoms with E-state index in [0.29, 0.717) is 10.1 Å². The minimum atomic E-state index is -1.14. The molecule has 1 aromatic rings. The van der Waals surface area contributed by atoms with Crippen molar-refractivity contribution in [3.63, 3.8) is 0 Å². The van der Waals surface area contributed by atoms with Crippen LogP contribution in [0.2, 0.25) is 0 Å². The molecule has 20 heavy (non-hydrogen) atoms. The van der Waals surface area contributed by atoms with E-state index in [2.05, 4.69) is 0 Å². The van der Waals surface area contributed by atoms with Crippen LogP contribution in [-0.2, 0) is 9.67 Å². The van der Waals surface area contributed by atoms with Crippen LogP contribution in [0.1, 0.15) is 17.5 Å². The molecule has 1 aliphatic carbocycles. The van der Waals surface area contributed by atoms with Gasteiger partial charge in [0.25, 0.3) is 0 Å². The molecule has 0 amide bonds. The van der Waals surface area contributed by atoms with Gasteiger partial charge in [-0.2, -0.15) is 0 Å². The summed E-state index contributed by atoms with van der Waals surface area (Å²) in [4.78, 5) is 9.97. The molecule has 0 aliphatic heterocycles. The van der Waals surface area contributed by atoms with Gasteiger partial charge in [0.15, 0.2) is 0 Å². The number of hydrogen-bond acceptors (Lipinski definition) is 1. The summed E-state index contributed by atoms with van der Waals surface area (Å²) >= 11 is 19.3. The van der Waals surface area contributed by atoms with Crippen LogP contribution in [0.3, 0.4) is 0 Å². The first-order valence-electron chi connectivity index (χ1n) is 6.07. The SMILES string of the molecule is Cc1ccccc1C1(Cl)C(Cl)=CC=C(Cl)C1CC(=O)O. The number of halogens is 3. The zero-order chi connectivity index (χ0) is 14.9. The second-order valence-corrected chi connectivity index (χ2v) is 6.18. The number of rotatable bonds is 3. The highest BCUT2D eigenvalue weighted by atomic mass is 35.5. The lowest BCUT2D eigenvalue weighted by Gasteiger charge is -2.38. The molecule has 0 fully saturated rings. The predicted octanol–water partition coefficient (Wildman–Crippen LogP) is 4.78. The molecule has 0 saturated heterocycles. The molecule has 2 rings (SSSR count). The zero-order valence-corrected chi connectivity index (χ0v) is 13.0. The van der Waals surface area contributed by atoms with E-state index in [0.717, 1.165) is 11.1 Å². The fourth-order valence-electron chi connectivity index (χ4n) is 2.46. The van der Waals surface area contributed by atoms with Crippen molar-refractivity contribution < 1.29 is 9.90 Å². The molecule has 1 aliphatic rings. The predicted molar refractivity (Wildman–Crippen MR) is 82.3 cm³/mol. The average molecular weight is 332 g/mol. The van der Waals surface area contributed by atoms with Crippen molar-refractivity contribution in [1.29, 1.82) is 0 Å². The fourth-order valence-corrected chi connectivity index (χ4v) is 3.58. The molecule has 106 valence electrons. The molecule has 5 heteroatoms. The smallest absolute Gasteiger partial charge is 0.304 e. The maximum atomic E-state index is 11.1. The third-order valence-corrected chi connectivity index (χ3v) is 5.05. The Bertz CT molecular complexity index is 607. The second kappa shape index (κ2) is 5.80. The molecular formula is C15H13Cl3O2. The van der Waals surface area contributed by atoms with Crippen LogP contribution < -0.4 is 0 Å². The fraction of sp³-hybridized carbons (Fsp3) is 0.267. The number of carbonyl (C=O) groups is 1. The van der Waals surface area contributed by atoms with E-state index >= 15 is 0 Å². The maximum Gasteiger partial charge on any atom is 0.304 e. The lowest BCUT2D eigenvalue weighted by Crippen LogP contribution is -2.34. The van der Waals surface area contributed by atoms with Crippen molar-refractivity contribution in [3.05, 3.63) is 57.6 Å². The molecule has 0 saturated carbocycles. The average Bonchev–Trinajstić information content (AvgIpc) is 2.39. The number of carboxylic acid groups (broad SMARTS) is 1. The van der Waals surface area contributed by atoms with Crippen molar-refractivity contribution in [2.24, 2.45) is 5.92 Å². The number of aliphatic carboxylic acids is 1. The monoisotopic (exact) mass is 330 g/mol. The molecule has 2 unspecified atom stereocenters. The van der Waals surface area contributed by atoms with Gasteiger partial charge in [0.1, 0.15) is 4.87 Å². The summed E-state index contributed by atoms with van der Waals surface area (Å²) in [5.41, 5.74) is 1.72.